The second-order valence-corrected chi connectivity index (χ2v) is 9.11. The van der Waals surface area contributed by atoms with E-state index in [1.165, 1.54) is 4.57 Å². The monoisotopic (exact) mass is 468 g/mol. The standard InChI is InChI=1S/C28H24N2O3S/c1-17-8-12-20(13-9-17)29-26(32)25-23(16-19(3)31)22-6-4-5-7-24(22)33-27(25)30(28(29)34)21-14-10-18(2)11-15-21/h4-15,23H,16H2,1-3H3. The van der Waals surface area contributed by atoms with Crippen molar-refractivity contribution in [3.05, 3.63) is 110 Å². The minimum absolute atomic E-state index is 0.00160. The summed E-state index contributed by atoms with van der Waals surface area (Å²) in [6.45, 7) is 5.56. The Morgan fingerprint density at radius 2 is 1.44 bits per heavy atom. The van der Waals surface area contributed by atoms with Gasteiger partial charge in [-0.3, -0.25) is 18.7 Å². The van der Waals surface area contributed by atoms with Crippen LogP contribution in [-0.2, 0) is 4.79 Å². The smallest absolute Gasteiger partial charge is 0.266 e. The predicted molar refractivity (Wildman–Crippen MR) is 135 cm³/mol. The molecule has 0 bridgehead atoms. The fourth-order valence-electron chi connectivity index (χ4n) is 4.47. The summed E-state index contributed by atoms with van der Waals surface area (Å²) < 4.78 is 9.99. The molecule has 1 aromatic heterocycles. The van der Waals surface area contributed by atoms with Crippen LogP contribution in [0.15, 0.2) is 77.6 Å². The zero-order chi connectivity index (χ0) is 24.0. The Morgan fingerprint density at radius 3 is 2.03 bits per heavy atom. The van der Waals surface area contributed by atoms with Crippen molar-refractivity contribution in [2.45, 2.75) is 33.1 Å². The third-order valence-corrected chi connectivity index (χ3v) is 6.54. The minimum Gasteiger partial charge on any atom is -0.440 e. The van der Waals surface area contributed by atoms with Crippen molar-refractivity contribution in [1.82, 2.24) is 9.13 Å². The maximum absolute atomic E-state index is 14.1. The van der Waals surface area contributed by atoms with Crippen LogP contribution in [0, 0.1) is 18.6 Å². The lowest BCUT2D eigenvalue weighted by atomic mass is 9.86. The molecule has 0 amide bonds. The Bertz CT molecular complexity index is 1530. The topological polar surface area (TPSA) is 53.2 Å². The zero-order valence-electron chi connectivity index (χ0n) is 19.2. The van der Waals surface area contributed by atoms with Gasteiger partial charge in [0.15, 0.2) is 4.77 Å². The number of nitrogens with zero attached hydrogens (tertiary/aromatic N) is 2. The lowest BCUT2D eigenvalue weighted by molar-refractivity contribution is -0.117. The average molecular weight is 469 g/mol. The number of para-hydroxylation sites is 1. The van der Waals surface area contributed by atoms with Crippen molar-refractivity contribution in [3.8, 4) is 23.0 Å². The quantitative estimate of drug-likeness (QED) is 0.335. The lowest BCUT2D eigenvalue weighted by Gasteiger charge is -2.30. The Labute approximate surface area is 202 Å². The number of ketones is 1. The van der Waals surface area contributed by atoms with Gasteiger partial charge in [-0.2, -0.15) is 0 Å². The van der Waals surface area contributed by atoms with Crippen molar-refractivity contribution in [2.75, 3.05) is 0 Å². The predicted octanol–water partition coefficient (Wildman–Crippen LogP) is 6.19. The van der Waals surface area contributed by atoms with Crippen LogP contribution in [0.4, 0.5) is 0 Å². The molecule has 0 saturated carbocycles. The van der Waals surface area contributed by atoms with E-state index in [-0.39, 0.29) is 17.8 Å². The summed E-state index contributed by atoms with van der Waals surface area (Å²) >= 11 is 5.90. The molecule has 0 aliphatic carbocycles. The average Bonchev–Trinajstić information content (AvgIpc) is 2.81. The molecule has 1 aliphatic heterocycles. The molecule has 0 saturated heterocycles. The molecule has 34 heavy (non-hydrogen) atoms. The summed E-state index contributed by atoms with van der Waals surface area (Å²) in [4.78, 5) is 26.4. The van der Waals surface area contributed by atoms with E-state index in [2.05, 4.69) is 0 Å². The first-order valence-corrected chi connectivity index (χ1v) is 11.6. The molecule has 1 unspecified atom stereocenters. The Morgan fingerprint density at radius 1 is 0.882 bits per heavy atom. The molecule has 5 rings (SSSR count). The van der Waals surface area contributed by atoms with Crippen LogP contribution in [0.2, 0.25) is 0 Å². The first-order valence-electron chi connectivity index (χ1n) is 11.2. The normalized spacial score (nSPS) is 14.1. The van der Waals surface area contributed by atoms with Gasteiger partial charge in [0.25, 0.3) is 5.56 Å². The second kappa shape index (κ2) is 8.54. The molecule has 6 heteroatoms. The molecule has 0 spiro atoms. The molecule has 5 nitrogen and oxygen atoms in total. The van der Waals surface area contributed by atoms with Gasteiger partial charge in [0.2, 0.25) is 5.88 Å². The van der Waals surface area contributed by atoms with Crippen LogP contribution < -0.4 is 10.3 Å². The maximum Gasteiger partial charge on any atom is 0.266 e. The number of carbonyl (C=O) groups is 1. The van der Waals surface area contributed by atoms with Gasteiger partial charge < -0.3 is 4.74 Å². The van der Waals surface area contributed by atoms with E-state index in [1.807, 2.05) is 86.6 Å². The number of Topliss-reactive ketones (excluding diaryl/α,β-unsaturated/α-hetero) is 1. The molecule has 2 heterocycles. The summed E-state index contributed by atoms with van der Waals surface area (Å²) in [6, 6.07) is 23.1. The van der Waals surface area contributed by atoms with E-state index in [9.17, 15) is 9.59 Å². The molecule has 0 N–H and O–H groups in total. The largest absolute Gasteiger partial charge is 0.440 e. The molecular formula is C28H24N2O3S. The number of hydrogen-bond donors (Lipinski definition) is 0. The fourth-order valence-corrected chi connectivity index (χ4v) is 4.85. The first-order chi connectivity index (χ1) is 16.3. The number of rotatable bonds is 4. The third kappa shape index (κ3) is 3.70. The number of carbonyl (C=O) groups excluding carboxylic acids is 1. The van der Waals surface area contributed by atoms with Crippen molar-refractivity contribution in [1.29, 1.82) is 0 Å². The molecule has 0 fully saturated rings. The molecule has 170 valence electrons. The zero-order valence-corrected chi connectivity index (χ0v) is 20.1. The van der Waals surface area contributed by atoms with Gasteiger partial charge >= 0.3 is 0 Å². The number of aromatic nitrogens is 2. The van der Waals surface area contributed by atoms with Crippen LogP contribution in [0.5, 0.6) is 11.6 Å². The number of aryl methyl sites for hydroxylation is 2. The van der Waals surface area contributed by atoms with Crippen molar-refractivity contribution in [2.24, 2.45) is 0 Å². The summed E-state index contributed by atoms with van der Waals surface area (Å²) in [6.07, 6.45) is 0.196. The number of hydrogen-bond acceptors (Lipinski definition) is 4. The molecule has 3 aromatic carbocycles. The molecule has 0 radical (unpaired) electrons. The van der Waals surface area contributed by atoms with Crippen molar-refractivity contribution >= 4 is 18.0 Å². The summed E-state index contributed by atoms with van der Waals surface area (Å²) in [5, 5.41) is 0. The van der Waals surface area contributed by atoms with E-state index in [0.29, 0.717) is 27.7 Å². The first kappa shape index (κ1) is 22.0. The maximum atomic E-state index is 14.1. The summed E-state index contributed by atoms with van der Waals surface area (Å²) in [5.74, 6) is 0.559. The van der Waals surface area contributed by atoms with Crippen molar-refractivity contribution in [3.63, 3.8) is 0 Å². The highest BCUT2D eigenvalue weighted by molar-refractivity contribution is 7.71. The lowest BCUT2D eigenvalue weighted by Crippen LogP contribution is -2.32. The van der Waals surface area contributed by atoms with Gasteiger partial charge in [-0.25, -0.2) is 0 Å². The van der Waals surface area contributed by atoms with E-state index >= 15 is 0 Å². The van der Waals surface area contributed by atoms with Crippen LogP contribution in [0.3, 0.4) is 0 Å². The van der Waals surface area contributed by atoms with Crippen LogP contribution in [-0.4, -0.2) is 14.9 Å². The molecule has 1 atom stereocenters. The number of ether oxygens (including phenoxy) is 1. The van der Waals surface area contributed by atoms with Gasteiger partial charge in [0.05, 0.1) is 16.9 Å². The highest BCUT2D eigenvalue weighted by Gasteiger charge is 2.34. The Kier molecular flexibility index (Phi) is 5.54. The fraction of sp³-hybridized carbons (Fsp3) is 0.179. The van der Waals surface area contributed by atoms with Gasteiger partial charge in [-0.05, 0) is 63.3 Å². The Hall–Kier alpha value is -3.77. The molecule has 1 aliphatic rings. The summed E-state index contributed by atoms with van der Waals surface area (Å²) in [7, 11) is 0. The van der Waals surface area contributed by atoms with Gasteiger partial charge in [-0.15, -0.1) is 0 Å². The van der Waals surface area contributed by atoms with E-state index in [4.69, 9.17) is 17.0 Å². The van der Waals surface area contributed by atoms with E-state index in [0.717, 1.165) is 22.4 Å². The number of benzene rings is 3. The van der Waals surface area contributed by atoms with Crippen LogP contribution in [0.1, 0.15) is 41.5 Å². The van der Waals surface area contributed by atoms with Gasteiger partial charge in [0.1, 0.15) is 11.5 Å². The van der Waals surface area contributed by atoms with Gasteiger partial charge in [0, 0.05) is 17.9 Å². The SMILES string of the molecule is CC(=O)CC1c2ccccc2Oc2c1c(=O)n(-c1ccc(C)cc1)c(=S)n2-c1ccc(C)cc1. The van der Waals surface area contributed by atoms with Crippen molar-refractivity contribution < 1.29 is 9.53 Å². The Balaban J connectivity index is 1.90. The van der Waals surface area contributed by atoms with Gasteiger partial charge in [-0.1, -0.05) is 53.6 Å². The minimum atomic E-state index is -0.436. The third-order valence-electron chi connectivity index (χ3n) is 6.18. The summed E-state index contributed by atoms with van der Waals surface area (Å²) in [5.41, 5.74) is 4.64. The van der Waals surface area contributed by atoms with E-state index in [1.54, 1.807) is 11.5 Å². The molecule has 4 aromatic rings. The highest BCUT2D eigenvalue weighted by Crippen LogP contribution is 2.45. The van der Waals surface area contributed by atoms with E-state index < -0.39 is 5.92 Å². The second-order valence-electron chi connectivity index (χ2n) is 8.75. The molecular weight excluding hydrogens is 444 g/mol. The van der Waals surface area contributed by atoms with Crippen LogP contribution >= 0.6 is 12.2 Å². The highest BCUT2D eigenvalue weighted by atomic mass is 32.1. The number of fused-ring (bicyclic) bond motifs is 2. The van der Waals surface area contributed by atoms with Crippen LogP contribution in [0.25, 0.3) is 11.4 Å².